The Balaban J connectivity index is 1.49. The van der Waals surface area contributed by atoms with Gasteiger partial charge in [0, 0.05) is 10.8 Å². The van der Waals surface area contributed by atoms with Crippen molar-refractivity contribution in [2.45, 2.75) is 64.4 Å². The van der Waals surface area contributed by atoms with E-state index in [0.29, 0.717) is 12.0 Å². The number of amides is 2. The van der Waals surface area contributed by atoms with Gasteiger partial charge in [-0.2, -0.15) is 0 Å². The molecule has 6 heteroatoms. The molecule has 0 unspecified atom stereocenters. The number of hydrogen-bond donors (Lipinski definition) is 2. The van der Waals surface area contributed by atoms with Crippen LogP contribution in [-0.4, -0.2) is 25.7 Å². The average molecular weight is 419 g/mol. The van der Waals surface area contributed by atoms with Gasteiger partial charge in [0.1, 0.15) is 0 Å². The Kier molecular flexibility index (Phi) is 4.59. The minimum Gasteiger partial charge on any atom is -0.386 e. The maximum atomic E-state index is 13.0. The molecule has 0 spiro atoms. The largest absolute Gasteiger partial charge is 0.386 e. The molecule has 2 amide bonds. The Hall–Kier alpha value is -2.44. The Bertz CT molecular complexity index is 1100. The molecule has 3 aliphatic rings. The fourth-order valence-electron chi connectivity index (χ4n) is 5.11. The molecule has 0 saturated carbocycles. The van der Waals surface area contributed by atoms with Crippen LogP contribution in [0.15, 0.2) is 28.9 Å². The molecular weight excluding hydrogens is 392 g/mol. The van der Waals surface area contributed by atoms with Crippen LogP contribution in [0.5, 0.6) is 0 Å². The van der Waals surface area contributed by atoms with Gasteiger partial charge < -0.3 is 10.1 Å². The van der Waals surface area contributed by atoms with Crippen molar-refractivity contribution >= 4 is 25.8 Å². The quantitative estimate of drug-likeness (QED) is 0.751. The summed E-state index contributed by atoms with van der Waals surface area (Å²) in [5, 5.41) is 11.1. The normalized spacial score (nSPS) is 18.4. The predicted octanol–water partition coefficient (Wildman–Crippen LogP) is 2.37. The second-order valence-electron chi connectivity index (χ2n) is 9.14. The van der Waals surface area contributed by atoms with Crippen molar-refractivity contribution in [3.63, 3.8) is 0 Å². The molecule has 0 aromatic heterocycles. The first-order valence-corrected chi connectivity index (χ1v) is 12.2. The molecule has 0 saturated heterocycles. The van der Waals surface area contributed by atoms with Crippen LogP contribution in [-0.2, 0) is 42.5 Å². The van der Waals surface area contributed by atoms with Crippen molar-refractivity contribution in [2.75, 3.05) is 0 Å². The van der Waals surface area contributed by atoms with Crippen LogP contribution in [0.25, 0.3) is 0 Å². The van der Waals surface area contributed by atoms with Gasteiger partial charge in [0.2, 0.25) is 11.8 Å². The number of fused-ring (bicyclic) bond motifs is 3. The highest BCUT2D eigenvalue weighted by Gasteiger charge is 2.30. The lowest BCUT2D eigenvalue weighted by molar-refractivity contribution is -0.117. The maximum absolute atomic E-state index is 13.0. The van der Waals surface area contributed by atoms with Gasteiger partial charge >= 0.3 is 0 Å². The van der Waals surface area contributed by atoms with E-state index >= 15 is 0 Å². The first-order chi connectivity index (χ1) is 14.3. The lowest BCUT2D eigenvalue weighted by Crippen LogP contribution is -2.32. The fraction of sp³-hybridized carbons (Fsp3) is 0.417. The van der Waals surface area contributed by atoms with Gasteiger partial charge in [0.15, 0.2) is 0 Å². The number of nitrogens with one attached hydrogen (secondary N) is 1. The Morgan fingerprint density at radius 2 is 1.77 bits per heavy atom. The van der Waals surface area contributed by atoms with Crippen LogP contribution in [0.4, 0.5) is 0 Å². The number of carbonyl (C=O) groups excluding carboxylic acids is 2. The van der Waals surface area contributed by atoms with E-state index in [1.54, 1.807) is 26.0 Å². The topological polar surface area (TPSA) is 78.8 Å². The second kappa shape index (κ2) is 7.06. The van der Waals surface area contributed by atoms with E-state index in [1.807, 2.05) is 6.07 Å². The van der Waals surface area contributed by atoms with E-state index in [2.05, 4.69) is 15.7 Å². The fourth-order valence-corrected chi connectivity index (χ4v) is 6.85. The van der Waals surface area contributed by atoms with Crippen molar-refractivity contribution in [3.05, 3.63) is 63.2 Å². The molecule has 154 valence electrons. The number of rotatable bonds is 3. The molecule has 1 heterocycles. The zero-order chi connectivity index (χ0) is 21.0. The third-order valence-corrected chi connectivity index (χ3v) is 8.48. The number of benzene rings is 2. The summed E-state index contributed by atoms with van der Waals surface area (Å²) in [6.07, 6.45) is 6.98. The van der Waals surface area contributed by atoms with Crippen molar-refractivity contribution in [2.24, 2.45) is 4.63 Å². The van der Waals surface area contributed by atoms with Crippen LogP contribution in [0.1, 0.15) is 70.4 Å². The number of hydrogen-bond acceptors (Lipinski definition) is 3. The number of aliphatic hydroxyl groups is 1. The van der Waals surface area contributed by atoms with E-state index < -0.39 is 14.4 Å². The zero-order valence-electron chi connectivity index (χ0n) is 17.5. The SMILES string of the molecule is CC(C)(O)c1ccc2c(c1)/[Si](=N\C(=O)Cc1c3c(cc4c1CCC4)CCC3)NC2=O. The standard InChI is InChI=1S/C24H26N2O3Si/c1-24(2,29)16-9-10-19-21(12-16)30(26-23(19)28)25-22(27)13-20-17-7-3-5-14(17)11-15-6-4-8-18(15)20/h9-12,29H,3-8,13H2,1-2H3,(H,26,28)/b30-25+. The lowest BCUT2D eigenvalue weighted by Gasteiger charge is -2.18. The molecule has 2 aliphatic carbocycles. The van der Waals surface area contributed by atoms with Crippen molar-refractivity contribution in [1.82, 2.24) is 4.98 Å². The van der Waals surface area contributed by atoms with Crippen molar-refractivity contribution in [1.29, 1.82) is 0 Å². The van der Waals surface area contributed by atoms with Gasteiger partial charge in [-0.25, -0.2) is 4.63 Å². The summed E-state index contributed by atoms with van der Waals surface area (Å²) in [6, 6.07) is 7.69. The molecule has 30 heavy (non-hydrogen) atoms. The van der Waals surface area contributed by atoms with Crippen LogP contribution in [0.2, 0.25) is 0 Å². The van der Waals surface area contributed by atoms with E-state index in [-0.39, 0.29) is 11.8 Å². The lowest BCUT2D eigenvalue weighted by atomic mass is 9.92. The Morgan fingerprint density at radius 3 is 2.40 bits per heavy atom. The molecule has 5 nitrogen and oxygen atoms in total. The van der Waals surface area contributed by atoms with Crippen LogP contribution in [0, 0.1) is 0 Å². The van der Waals surface area contributed by atoms with Crippen molar-refractivity contribution in [3.8, 4) is 0 Å². The highest BCUT2D eigenvalue weighted by atomic mass is 28.3. The smallest absolute Gasteiger partial charge is 0.289 e. The third-order valence-electron chi connectivity index (χ3n) is 6.62. The summed E-state index contributed by atoms with van der Waals surface area (Å²) in [4.78, 5) is 28.3. The van der Waals surface area contributed by atoms with Gasteiger partial charge in [-0.15, -0.1) is 0 Å². The zero-order valence-corrected chi connectivity index (χ0v) is 18.5. The third kappa shape index (κ3) is 3.28. The molecule has 1 aliphatic heterocycles. The van der Waals surface area contributed by atoms with Crippen LogP contribution < -0.4 is 10.2 Å². The number of carbonyl (C=O) groups is 2. The number of nitrogens with zero attached hydrogens (tertiary/aromatic N) is 1. The summed E-state index contributed by atoms with van der Waals surface area (Å²) in [5.41, 5.74) is 7.07. The summed E-state index contributed by atoms with van der Waals surface area (Å²) in [6.45, 7) is 3.42. The summed E-state index contributed by atoms with van der Waals surface area (Å²) < 4.78 is 4.49. The van der Waals surface area contributed by atoms with E-state index in [4.69, 9.17) is 0 Å². The second-order valence-corrected chi connectivity index (χ2v) is 10.9. The first-order valence-electron chi connectivity index (χ1n) is 10.8. The minimum atomic E-state index is -1.88. The highest BCUT2D eigenvalue weighted by Crippen LogP contribution is 2.35. The van der Waals surface area contributed by atoms with Crippen molar-refractivity contribution < 1.29 is 14.7 Å². The van der Waals surface area contributed by atoms with E-state index in [9.17, 15) is 14.7 Å². The highest BCUT2D eigenvalue weighted by molar-refractivity contribution is 6.69. The van der Waals surface area contributed by atoms with Crippen LogP contribution >= 0.6 is 0 Å². The molecule has 0 radical (unpaired) electrons. The predicted molar refractivity (Wildman–Crippen MR) is 116 cm³/mol. The van der Waals surface area contributed by atoms with Gasteiger partial charge in [-0.3, -0.25) is 9.59 Å². The van der Waals surface area contributed by atoms with Gasteiger partial charge in [0.25, 0.3) is 8.75 Å². The molecule has 2 aromatic rings. The molecule has 0 atom stereocenters. The Labute approximate surface area is 177 Å². The van der Waals surface area contributed by atoms with E-state index in [0.717, 1.165) is 49.3 Å². The monoisotopic (exact) mass is 418 g/mol. The molecule has 0 fully saturated rings. The van der Waals surface area contributed by atoms with Gasteiger partial charge in [0.05, 0.1) is 12.0 Å². The summed E-state index contributed by atoms with van der Waals surface area (Å²) in [5.74, 6) is -0.334. The average Bonchev–Trinajstić information content (AvgIpc) is 3.40. The molecule has 2 aromatic carbocycles. The van der Waals surface area contributed by atoms with Gasteiger partial charge in [-0.1, -0.05) is 12.1 Å². The maximum Gasteiger partial charge on any atom is 0.289 e. The summed E-state index contributed by atoms with van der Waals surface area (Å²) >= 11 is 0. The molecule has 5 rings (SSSR count). The first kappa shape index (κ1) is 19.5. The minimum absolute atomic E-state index is 0.153. The summed E-state index contributed by atoms with van der Waals surface area (Å²) in [7, 11) is -1.88. The Morgan fingerprint density at radius 1 is 1.10 bits per heavy atom. The molecule has 0 bridgehead atoms. The molecular formula is C24H26N2O3Si. The van der Waals surface area contributed by atoms with Crippen LogP contribution in [0.3, 0.4) is 0 Å². The van der Waals surface area contributed by atoms with E-state index in [1.165, 1.54) is 27.8 Å². The number of aryl methyl sites for hydroxylation is 2. The molecule has 2 N–H and O–H groups in total. The van der Waals surface area contributed by atoms with Gasteiger partial charge in [-0.05, 0) is 97.9 Å².